The van der Waals surface area contributed by atoms with E-state index in [1.807, 2.05) is 18.2 Å². The first-order valence-electron chi connectivity index (χ1n) is 11.0. The number of amides is 1. The summed E-state index contributed by atoms with van der Waals surface area (Å²) in [5, 5.41) is 13.7. The second-order valence-corrected chi connectivity index (χ2v) is 13.6. The molecule has 1 amide bonds. The van der Waals surface area contributed by atoms with Crippen LogP contribution in [0, 0.1) is 0 Å². The Hall–Kier alpha value is -2.44. The third kappa shape index (κ3) is 7.53. The van der Waals surface area contributed by atoms with Crippen LogP contribution in [0.3, 0.4) is 0 Å². The van der Waals surface area contributed by atoms with Gasteiger partial charge in [-0.05, 0) is 59.9 Å². The van der Waals surface area contributed by atoms with Crippen molar-refractivity contribution < 1.29 is 23.1 Å². The maximum Gasteiger partial charge on any atom is 0.326 e. The van der Waals surface area contributed by atoms with Gasteiger partial charge in [0, 0.05) is 12.7 Å². The van der Waals surface area contributed by atoms with Crippen LogP contribution < -0.4 is 10.6 Å². The second-order valence-electron chi connectivity index (χ2n) is 8.43. The minimum absolute atomic E-state index is 0.0000390. The Morgan fingerprint density at radius 1 is 0.972 bits per heavy atom. The summed E-state index contributed by atoms with van der Waals surface area (Å²) in [5.74, 6) is -1.99. The van der Waals surface area contributed by atoms with Gasteiger partial charge in [-0.3, -0.25) is 4.79 Å². The topological polar surface area (TPSA) is 101 Å². The lowest BCUT2D eigenvalue weighted by molar-refractivity contribution is -0.139. The smallest absolute Gasteiger partial charge is 0.326 e. The minimum Gasteiger partial charge on any atom is -0.480 e. The molecule has 0 aromatic heterocycles. The van der Waals surface area contributed by atoms with Gasteiger partial charge in [0.1, 0.15) is 6.04 Å². The first-order valence-corrected chi connectivity index (χ1v) is 15.6. The van der Waals surface area contributed by atoms with Gasteiger partial charge in [0.2, 0.25) is 0 Å². The molecule has 190 valence electrons. The minimum atomic E-state index is -3.46. The largest absolute Gasteiger partial charge is 0.480 e. The van der Waals surface area contributed by atoms with Crippen LogP contribution in [0.5, 0.6) is 0 Å². The molecule has 6 nitrogen and oxygen atoms in total. The maximum absolute atomic E-state index is 12.9. The summed E-state index contributed by atoms with van der Waals surface area (Å²) in [5.41, 5.74) is 1.34. The molecule has 0 aliphatic heterocycles. The monoisotopic (exact) mass is 565 g/mol. The van der Waals surface area contributed by atoms with Crippen molar-refractivity contribution in [2.45, 2.75) is 23.8 Å². The van der Waals surface area contributed by atoms with Crippen molar-refractivity contribution in [1.82, 2.24) is 5.32 Å². The number of carboxylic acids is 1. The van der Waals surface area contributed by atoms with E-state index in [1.54, 1.807) is 18.2 Å². The van der Waals surface area contributed by atoms with E-state index >= 15 is 0 Å². The van der Waals surface area contributed by atoms with Crippen molar-refractivity contribution in [3.05, 3.63) is 93.5 Å². The molecule has 0 saturated carbocycles. The molecule has 36 heavy (non-hydrogen) atoms. The van der Waals surface area contributed by atoms with E-state index in [4.69, 9.17) is 23.2 Å². The fourth-order valence-corrected chi connectivity index (χ4v) is 6.59. The SMILES string of the molecule is CP(CCc1cc(Cl)c(C(=O)NC(Cc2cccc(S(C)(=O)=O)c2)C(=O)O)c(Cl)c1)c1ccccc1. The Kier molecular flexibility index (Phi) is 9.53. The number of nitrogens with one attached hydrogen (secondary N) is 1. The molecule has 0 radical (unpaired) electrons. The number of halogens is 2. The lowest BCUT2D eigenvalue weighted by Gasteiger charge is -2.17. The van der Waals surface area contributed by atoms with E-state index in [2.05, 4.69) is 24.1 Å². The number of aryl methyl sites for hydroxylation is 1. The fraction of sp³-hybridized carbons (Fsp3) is 0.231. The van der Waals surface area contributed by atoms with Gasteiger partial charge in [-0.2, -0.15) is 0 Å². The van der Waals surface area contributed by atoms with Crippen molar-refractivity contribution in [1.29, 1.82) is 0 Å². The molecule has 0 aliphatic rings. The lowest BCUT2D eigenvalue weighted by atomic mass is 10.0. The molecule has 0 bridgehead atoms. The molecule has 2 atom stereocenters. The van der Waals surface area contributed by atoms with Crippen molar-refractivity contribution in [2.75, 3.05) is 19.1 Å². The van der Waals surface area contributed by atoms with Crippen molar-refractivity contribution in [2.24, 2.45) is 0 Å². The highest BCUT2D eigenvalue weighted by molar-refractivity contribution is 7.90. The number of hydrogen-bond acceptors (Lipinski definition) is 4. The average Bonchev–Trinajstić information content (AvgIpc) is 2.82. The third-order valence-electron chi connectivity index (χ3n) is 5.63. The van der Waals surface area contributed by atoms with Gasteiger partial charge in [0.15, 0.2) is 9.84 Å². The summed E-state index contributed by atoms with van der Waals surface area (Å²) < 4.78 is 23.6. The zero-order chi connectivity index (χ0) is 26.5. The highest BCUT2D eigenvalue weighted by Gasteiger charge is 2.25. The number of benzene rings is 3. The van der Waals surface area contributed by atoms with Crippen LogP contribution in [-0.4, -0.2) is 50.5 Å². The van der Waals surface area contributed by atoms with E-state index in [1.165, 1.54) is 23.5 Å². The number of hydrogen-bond donors (Lipinski definition) is 2. The Morgan fingerprint density at radius 3 is 2.19 bits per heavy atom. The summed E-state index contributed by atoms with van der Waals surface area (Å²) in [4.78, 5) is 24.9. The van der Waals surface area contributed by atoms with Crippen LogP contribution in [0.4, 0.5) is 0 Å². The molecule has 0 spiro atoms. The summed E-state index contributed by atoms with van der Waals surface area (Å²) in [6.45, 7) is 2.20. The number of carbonyl (C=O) groups is 2. The molecular formula is C26H26Cl2NO5PS. The van der Waals surface area contributed by atoms with Crippen molar-refractivity contribution in [3.63, 3.8) is 0 Å². The predicted octanol–water partition coefficient (Wildman–Crippen LogP) is 4.80. The summed E-state index contributed by atoms with van der Waals surface area (Å²) in [6, 6.07) is 18.2. The Morgan fingerprint density at radius 2 is 1.61 bits per heavy atom. The molecule has 3 aromatic carbocycles. The summed E-state index contributed by atoms with van der Waals surface area (Å²) >= 11 is 12.8. The van der Waals surface area contributed by atoms with Gasteiger partial charge in [0.25, 0.3) is 5.91 Å². The van der Waals surface area contributed by atoms with E-state index in [9.17, 15) is 23.1 Å². The summed E-state index contributed by atoms with van der Waals surface area (Å²) in [7, 11) is -3.82. The molecule has 0 heterocycles. The number of sulfone groups is 1. The highest BCUT2D eigenvalue weighted by Crippen LogP contribution is 2.32. The van der Waals surface area contributed by atoms with Gasteiger partial charge in [-0.15, -0.1) is 0 Å². The average molecular weight is 566 g/mol. The number of carbonyl (C=O) groups excluding carboxylic acids is 1. The van der Waals surface area contributed by atoms with Crippen LogP contribution in [0.15, 0.2) is 71.6 Å². The Bertz CT molecular complexity index is 1340. The fourth-order valence-electron chi connectivity index (χ4n) is 3.66. The zero-order valence-electron chi connectivity index (χ0n) is 19.7. The van der Waals surface area contributed by atoms with Gasteiger partial charge in [-0.1, -0.05) is 73.6 Å². The van der Waals surface area contributed by atoms with E-state index in [-0.39, 0.29) is 34.8 Å². The van der Waals surface area contributed by atoms with Crippen LogP contribution in [0.25, 0.3) is 0 Å². The van der Waals surface area contributed by atoms with Crippen LogP contribution in [-0.2, 0) is 27.5 Å². The Balaban J connectivity index is 1.72. The van der Waals surface area contributed by atoms with Crippen molar-refractivity contribution in [3.8, 4) is 0 Å². The second kappa shape index (κ2) is 12.2. The molecule has 0 saturated heterocycles. The molecule has 10 heteroatoms. The number of rotatable bonds is 10. The normalized spacial score (nSPS) is 13.1. The van der Waals surface area contributed by atoms with E-state index in [0.717, 1.165) is 24.4 Å². The van der Waals surface area contributed by atoms with Gasteiger partial charge in [-0.25, -0.2) is 13.2 Å². The quantitative estimate of drug-likeness (QED) is 0.344. The van der Waals surface area contributed by atoms with Crippen molar-refractivity contribution >= 4 is 58.1 Å². The first-order chi connectivity index (χ1) is 17.0. The predicted molar refractivity (Wildman–Crippen MR) is 146 cm³/mol. The number of aliphatic carboxylic acids is 1. The standard InChI is InChI=1S/C26H26Cl2NO5PS/c1-35(19-8-4-3-5-9-19)12-11-18-14-21(27)24(22(28)15-18)25(30)29-23(26(31)32)16-17-7-6-10-20(13-17)36(2,33)34/h3-10,13-15,23H,11-12,16H2,1-2H3,(H,29,30)(H,31,32). The summed E-state index contributed by atoms with van der Waals surface area (Å²) in [6.07, 6.45) is 2.61. The van der Waals surface area contributed by atoms with E-state index in [0.29, 0.717) is 5.56 Å². The molecule has 2 unspecified atom stereocenters. The lowest BCUT2D eigenvalue weighted by Crippen LogP contribution is -2.42. The third-order valence-corrected chi connectivity index (χ3v) is 9.41. The number of carboxylic acid groups (broad SMARTS) is 1. The first kappa shape index (κ1) is 28.1. The Labute approximate surface area is 222 Å². The van der Waals surface area contributed by atoms with Gasteiger partial charge in [0.05, 0.1) is 20.5 Å². The van der Waals surface area contributed by atoms with Crippen LogP contribution in [0.1, 0.15) is 21.5 Å². The maximum atomic E-state index is 12.9. The highest BCUT2D eigenvalue weighted by atomic mass is 35.5. The van der Waals surface area contributed by atoms with E-state index < -0.39 is 27.8 Å². The molecule has 3 aromatic rings. The molecular weight excluding hydrogens is 540 g/mol. The van der Waals surface area contributed by atoms with Gasteiger partial charge >= 0.3 is 5.97 Å². The molecule has 2 N–H and O–H groups in total. The van der Waals surface area contributed by atoms with Crippen LogP contribution in [0.2, 0.25) is 10.0 Å². The van der Waals surface area contributed by atoms with Crippen LogP contribution >= 0.6 is 31.1 Å². The molecule has 3 rings (SSSR count). The zero-order valence-corrected chi connectivity index (χ0v) is 23.0. The molecule has 0 fully saturated rings. The van der Waals surface area contributed by atoms with Gasteiger partial charge < -0.3 is 10.4 Å². The molecule has 0 aliphatic carbocycles.